The summed E-state index contributed by atoms with van der Waals surface area (Å²) in [6.07, 6.45) is 2.49. The van der Waals surface area contributed by atoms with E-state index in [0.717, 1.165) is 12.8 Å². The van der Waals surface area contributed by atoms with Crippen LogP contribution in [0.1, 0.15) is 28.9 Å². The average molecular weight is 255 g/mol. The molecule has 0 N–H and O–H groups in total. The number of hydrogen-bond acceptors (Lipinski definition) is 3. The molecular formula is C11H11ClN2OS. The molecule has 1 saturated carbocycles. The largest absolute Gasteiger partial charge is 0.334 e. The van der Waals surface area contributed by atoms with Gasteiger partial charge in [0.15, 0.2) is 0 Å². The fourth-order valence-electron chi connectivity index (χ4n) is 1.58. The maximum atomic E-state index is 12.1. The molecule has 0 aliphatic heterocycles. The molecule has 3 nitrogen and oxygen atoms in total. The Morgan fingerprint density at radius 3 is 2.88 bits per heavy atom. The van der Waals surface area contributed by atoms with Gasteiger partial charge in [-0.05, 0) is 25.0 Å². The van der Waals surface area contributed by atoms with E-state index >= 15 is 0 Å². The smallest absolute Gasteiger partial charge is 0.264 e. The second-order valence-corrected chi connectivity index (χ2v) is 5.46. The second kappa shape index (κ2) is 4.86. The van der Waals surface area contributed by atoms with Gasteiger partial charge in [-0.1, -0.05) is 11.6 Å². The molecule has 1 amide bonds. The quantitative estimate of drug-likeness (QED) is 0.829. The third-order valence-electron chi connectivity index (χ3n) is 2.50. The van der Waals surface area contributed by atoms with E-state index in [0.29, 0.717) is 28.2 Å². The van der Waals surface area contributed by atoms with Gasteiger partial charge in [0, 0.05) is 12.6 Å². The predicted molar refractivity (Wildman–Crippen MR) is 63.6 cm³/mol. The summed E-state index contributed by atoms with van der Waals surface area (Å²) in [4.78, 5) is 14.6. The number of halogens is 1. The van der Waals surface area contributed by atoms with Crippen LogP contribution in [0.3, 0.4) is 0 Å². The van der Waals surface area contributed by atoms with E-state index in [9.17, 15) is 4.79 Å². The van der Waals surface area contributed by atoms with E-state index in [-0.39, 0.29) is 5.91 Å². The van der Waals surface area contributed by atoms with Crippen molar-refractivity contribution in [3.8, 4) is 6.07 Å². The number of hydrogen-bond donors (Lipinski definition) is 0. The Kier molecular flexibility index (Phi) is 3.47. The number of carbonyl (C=O) groups excluding carboxylic acids is 1. The molecule has 2 rings (SSSR count). The van der Waals surface area contributed by atoms with E-state index in [4.69, 9.17) is 16.9 Å². The number of nitrogens with zero attached hydrogens (tertiary/aromatic N) is 2. The lowest BCUT2D eigenvalue weighted by molar-refractivity contribution is 0.0752. The summed E-state index contributed by atoms with van der Waals surface area (Å²) in [5.74, 6) is 0.00894. The van der Waals surface area contributed by atoms with E-state index < -0.39 is 0 Å². The molecular weight excluding hydrogens is 244 g/mol. The van der Waals surface area contributed by atoms with Gasteiger partial charge in [-0.15, -0.1) is 11.3 Å². The van der Waals surface area contributed by atoms with Crippen molar-refractivity contribution in [3.05, 3.63) is 21.3 Å². The van der Waals surface area contributed by atoms with Crippen molar-refractivity contribution >= 4 is 28.8 Å². The minimum absolute atomic E-state index is 0.00894. The van der Waals surface area contributed by atoms with Crippen LogP contribution >= 0.6 is 22.9 Å². The minimum Gasteiger partial charge on any atom is -0.334 e. The fraction of sp³-hybridized carbons (Fsp3) is 0.455. The summed E-state index contributed by atoms with van der Waals surface area (Å²) in [5, 5.41) is 8.57. The van der Waals surface area contributed by atoms with Crippen molar-refractivity contribution < 1.29 is 4.79 Å². The van der Waals surface area contributed by atoms with Gasteiger partial charge in [-0.2, -0.15) is 5.26 Å². The summed E-state index contributed by atoms with van der Waals surface area (Å²) in [6.45, 7) is 0.523. The Labute approximate surface area is 103 Å². The van der Waals surface area contributed by atoms with Gasteiger partial charge in [0.25, 0.3) is 5.91 Å². The van der Waals surface area contributed by atoms with Crippen LogP contribution in [0.15, 0.2) is 12.1 Å². The first-order chi connectivity index (χ1) is 7.72. The van der Waals surface area contributed by atoms with Crippen molar-refractivity contribution in [2.75, 3.05) is 6.54 Å². The van der Waals surface area contributed by atoms with Gasteiger partial charge in [0.1, 0.15) is 0 Å². The van der Waals surface area contributed by atoms with Gasteiger partial charge in [0.2, 0.25) is 0 Å². The highest BCUT2D eigenvalue weighted by Gasteiger charge is 2.33. The third kappa shape index (κ3) is 2.55. The first kappa shape index (κ1) is 11.4. The molecule has 0 bridgehead atoms. The molecule has 0 radical (unpaired) electrons. The Morgan fingerprint density at radius 2 is 2.38 bits per heavy atom. The number of amides is 1. The molecule has 1 aromatic heterocycles. The predicted octanol–water partition coefficient (Wildman–Crippen LogP) is 2.92. The van der Waals surface area contributed by atoms with Gasteiger partial charge < -0.3 is 4.90 Å². The highest BCUT2D eigenvalue weighted by Crippen LogP contribution is 2.30. The zero-order chi connectivity index (χ0) is 11.5. The Bertz CT molecular complexity index is 433. The number of rotatable bonds is 4. The van der Waals surface area contributed by atoms with E-state index in [2.05, 4.69) is 6.07 Å². The summed E-state index contributed by atoms with van der Waals surface area (Å²) < 4.78 is 0.624. The average Bonchev–Trinajstić information content (AvgIpc) is 3.01. The fourth-order valence-corrected chi connectivity index (χ4v) is 2.58. The summed E-state index contributed by atoms with van der Waals surface area (Å²) in [6, 6.07) is 5.89. The molecule has 0 aromatic carbocycles. The molecule has 5 heteroatoms. The van der Waals surface area contributed by atoms with Crippen LogP contribution in [-0.4, -0.2) is 23.4 Å². The SMILES string of the molecule is N#CCCN(C(=O)c1ccc(Cl)s1)C1CC1. The van der Waals surface area contributed by atoms with Crippen molar-refractivity contribution in [3.63, 3.8) is 0 Å². The molecule has 1 fully saturated rings. The Balaban J connectivity index is 2.08. The first-order valence-electron chi connectivity index (χ1n) is 5.15. The van der Waals surface area contributed by atoms with E-state index in [1.807, 2.05) is 0 Å². The maximum absolute atomic E-state index is 12.1. The molecule has 1 heterocycles. The van der Waals surface area contributed by atoms with Crippen molar-refractivity contribution in [2.24, 2.45) is 0 Å². The van der Waals surface area contributed by atoms with Crippen LogP contribution in [0.2, 0.25) is 4.34 Å². The van der Waals surface area contributed by atoms with E-state index in [1.54, 1.807) is 17.0 Å². The van der Waals surface area contributed by atoms with Crippen LogP contribution in [0, 0.1) is 11.3 Å². The monoisotopic (exact) mass is 254 g/mol. The first-order valence-corrected chi connectivity index (χ1v) is 6.35. The zero-order valence-corrected chi connectivity index (χ0v) is 10.2. The normalized spacial score (nSPS) is 14.5. The highest BCUT2D eigenvalue weighted by molar-refractivity contribution is 7.17. The molecule has 16 heavy (non-hydrogen) atoms. The lowest BCUT2D eigenvalue weighted by Crippen LogP contribution is -2.33. The molecule has 0 saturated heterocycles. The van der Waals surface area contributed by atoms with Crippen LogP contribution in [0.5, 0.6) is 0 Å². The summed E-state index contributed by atoms with van der Waals surface area (Å²) in [7, 11) is 0. The maximum Gasteiger partial charge on any atom is 0.264 e. The Morgan fingerprint density at radius 1 is 1.62 bits per heavy atom. The lowest BCUT2D eigenvalue weighted by atomic mass is 10.3. The van der Waals surface area contributed by atoms with Crippen LogP contribution in [0.25, 0.3) is 0 Å². The molecule has 1 aliphatic carbocycles. The molecule has 1 aromatic rings. The van der Waals surface area contributed by atoms with Gasteiger partial charge in [0.05, 0.1) is 21.7 Å². The molecule has 1 aliphatic rings. The molecule has 0 spiro atoms. The van der Waals surface area contributed by atoms with Crippen LogP contribution in [0.4, 0.5) is 0 Å². The molecule has 0 unspecified atom stereocenters. The second-order valence-electron chi connectivity index (χ2n) is 3.74. The van der Waals surface area contributed by atoms with Gasteiger partial charge >= 0.3 is 0 Å². The number of thiophene rings is 1. The third-order valence-corrected chi connectivity index (χ3v) is 3.72. The summed E-state index contributed by atoms with van der Waals surface area (Å²) >= 11 is 7.10. The zero-order valence-electron chi connectivity index (χ0n) is 8.65. The van der Waals surface area contributed by atoms with Crippen molar-refractivity contribution in [1.29, 1.82) is 5.26 Å². The van der Waals surface area contributed by atoms with Crippen LogP contribution < -0.4 is 0 Å². The molecule has 84 valence electrons. The van der Waals surface area contributed by atoms with Crippen LogP contribution in [-0.2, 0) is 0 Å². The Hall–Kier alpha value is -1.05. The van der Waals surface area contributed by atoms with Crippen molar-refractivity contribution in [1.82, 2.24) is 4.90 Å². The number of carbonyl (C=O) groups is 1. The number of nitriles is 1. The standard InChI is InChI=1S/C11H11ClN2OS/c12-10-5-4-9(16-10)11(15)14(7-1-6-13)8-2-3-8/h4-5,8H,1-3,7H2. The summed E-state index contributed by atoms with van der Waals surface area (Å²) in [5.41, 5.74) is 0. The minimum atomic E-state index is 0.00894. The topological polar surface area (TPSA) is 44.1 Å². The lowest BCUT2D eigenvalue weighted by Gasteiger charge is -2.20. The highest BCUT2D eigenvalue weighted by atomic mass is 35.5. The van der Waals surface area contributed by atoms with Gasteiger partial charge in [-0.3, -0.25) is 4.79 Å². The van der Waals surface area contributed by atoms with E-state index in [1.165, 1.54) is 11.3 Å². The molecule has 0 atom stereocenters. The van der Waals surface area contributed by atoms with Crippen molar-refractivity contribution in [2.45, 2.75) is 25.3 Å². The van der Waals surface area contributed by atoms with Gasteiger partial charge in [-0.25, -0.2) is 0 Å².